The first-order valence-electron chi connectivity index (χ1n) is 5.17. The Kier molecular flexibility index (Phi) is 4.35. The van der Waals surface area contributed by atoms with Crippen LogP contribution in [0.4, 0.5) is 13.2 Å². The summed E-state index contributed by atoms with van der Waals surface area (Å²) in [5.74, 6) is 0.705. The molecule has 1 N–H and O–H groups in total. The van der Waals surface area contributed by atoms with E-state index in [1.54, 1.807) is 0 Å². The quantitative estimate of drug-likeness (QED) is 0.854. The predicted molar refractivity (Wildman–Crippen MR) is 53.0 cm³/mol. The van der Waals surface area contributed by atoms with Gasteiger partial charge in [0.1, 0.15) is 5.76 Å². The van der Waals surface area contributed by atoms with Crippen molar-refractivity contribution in [3.8, 4) is 0 Å². The number of nitrogens with one attached hydrogen (secondary N) is 1. The number of aryl methyl sites for hydroxylation is 1. The minimum Gasteiger partial charge on any atom is -0.444 e. The first-order chi connectivity index (χ1) is 7.42. The van der Waals surface area contributed by atoms with Crippen LogP contribution in [-0.4, -0.2) is 17.7 Å². The van der Waals surface area contributed by atoms with Crippen molar-refractivity contribution in [1.82, 2.24) is 10.3 Å². The largest absolute Gasteiger partial charge is 0.444 e. The van der Waals surface area contributed by atoms with Crippen molar-refractivity contribution < 1.29 is 17.6 Å². The molecule has 1 aromatic rings. The van der Waals surface area contributed by atoms with E-state index in [4.69, 9.17) is 4.42 Å². The molecule has 1 heterocycles. The van der Waals surface area contributed by atoms with E-state index in [9.17, 15) is 13.2 Å². The monoisotopic (exact) mass is 236 g/mol. The van der Waals surface area contributed by atoms with E-state index in [1.807, 2.05) is 13.8 Å². The Hall–Kier alpha value is -1.04. The first-order valence-corrected chi connectivity index (χ1v) is 5.17. The topological polar surface area (TPSA) is 38.1 Å². The SMILES string of the molecule is CCNC(C)c1ncc(CCC(F)(F)F)o1. The summed E-state index contributed by atoms with van der Waals surface area (Å²) in [5.41, 5.74) is 0. The summed E-state index contributed by atoms with van der Waals surface area (Å²) in [6.07, 6.45) is -3.83. The van der Waals surface area contributed by atoms with Crippen molar-refractivity contribution in [1.29, 1.82) is 0 Å². The minimum atomic E-state index is -4.15. The maximum absolute atomic E-state index is 12.0. The molecule has 0 aliphatic rings. The average molecular weight is 236 g/mol. The zero-order valence-electron chi connectivity index (χ0n) is 9.27. The van der Waals surface area contributed by atoms with Gasteiger partial charge in [0.2, 0.25) is 5.89 Å². The van der Waals surface area contributed by atoms with Crippen LogP contribution in [-0.2, 0) is 6.42 Å². The van der Waals surface area contributed by atoms with Crippen LogP contribution in [0.15, 0.2) is 10.6 Å². The van der Waals surface area contributed by atoms with Gasteiger partial charge in [0, 0.05) is 6.42 Å². The smallest absolute Gasteiger partial charge is 0.389 e. The lowest BCUT2D eigenvalue weighted by molar-refractivity contribution is -0.134. The Bertz CT molecular complexity index is 322. The molecule has 0 radical (unpaired) electrons. The molecule has 16 heavy (non-hydrogen) atoms. The number of halogens is 3. The van der Waals surface area contributed by atoms with Gasteiger partial charge >= 0.3 is 6.18 Å². The Morgan fingerprint density at radius 1 is 1.50 bits per heavy atom. The fourth-order valence-electron chi connectivity index (χ4n) is 1.30. The molecule has 0 fully saturated rings. The van der Waals surface area contributed by atoms with E-state index in [2.05, 4.69) is 10.3 Å². The van der Waals surface area contributed by atoms with Crippen LogP contribution >= 0.6 is 0 Å². The van der Waals surface area contributed by atoms with Gasteiger partial charge in [-0.05, 0) is 13.5 Å². The van der Waals surface area contributed by atoms with Crippen LogP contribution in [0.5, 0.6) is 0 Å². The second-order valence-electron chi connectivity index (χ2n) is 3.56. The van der Waals surface area contributed by atoms with Crippen molar-refractivity contribution in [2.75, 3.05) is 6.54 Å². The van der Waals surface area contributed by atoms with E-state index in [0.29, 0.717) is 5.89 Å². The summed E-state index contributed by atoms with van der Waals surface area (Å²) in [5, 5.41) is 3.07. The molecular weight excluding hydrogens is 221 g/mol. The van der Waals surface area contributed by atoms with E-state index in [0.717, 1.165) is 6.54 Å². The molecule has 6 heteroatoms. The summed E-state index contributed by atoms with van der Waals surface area (Å²) >= 11 is 0. The lowest BCUT2D eigenvalue weighted by atomic mass is 10.2. The van der Waals surface area contributed by atoms with Crippen LogP contribution in [0.3, 0.4) is 0 Å². The van der Waals surface area contributed by atoms with Crippen molar-refractivity contribution in [2.24, 2.45) is 0 Å². The highest BCUT2D eigenvalue weighted by Gasteiger charge is 2.27. The van der Waals surface area contributed by atoms with Crippen LogP contribution < -0.4 is 5.32 Å². The molecule has 92 valence electrons. The fourth-order valence-corrected chi connectivity index (χ4v) is 1.30. The summed E-state index contributed by atoms with van der Waals surface area (Å²) in [6, 6.07) is -0.0790. The van der Waals surface area contributed by atoms with Crippen molar-refractivity contribution in [2.45, 2.75) is 38.9 Å². The number of alkyl halides is 3. The summed E-state index contributed by atoms with van der Waals surface area (Å²) < 4.78 is 41.1. The molecule has 1 aromatic heterocycles. The molecule has 0 saturated heterocycles. The molecule has 1 atom stereocenters. The number of nitrogens with zero attached hydrogens (tertiary/aromatic N) is 1. The molecular formula is C10H15F3N2O. The zero-order valence-corrected chi connectivity index (χ0v) is 9.27. The Labute approximate surface area is 92.0 Å². The van der Waals surface area contributed by atoms with Gasteiger partial charge in [-0.25, -0.2) is 4.98 Å². The highest BCUT2D eigenvalue weighted by atomic mass is 19.4. The van der Waals surface area contributed by atoms with Gasteiger partial charge in [0.05, 0.1) is 18.7 Å². The van der Waals surface area contributed by atoms with Crippen LogP contribution in [0.25, 0.3) is 0 Å². The van der Waals surface area contributed by atoms with E-state index in [-0.39, 0.29) is 18.2 Å². The van der Waals surface area contributed by atoms with Crippen molar-refractivity contribution >= 4 is 0 Å². The van der Waals surface area contributed by atoms with Crippen molar-refractivity contribution in [3.63, 3.8) is 0 Å². The summed E-state index contributed by atoms with van der Waals surface area (Å²) in [4.78, 5) is 3.94. The Morgan fingerprint density at radius 2 is 2.19 bits per heavy atom. The normalized spacial score (nSPS) is 14.1. The lowest BCUT2D eigenvalue weighted by Gasteiger charge is -2.07. The van der Waals surface area contributed by atoms with Gasteiger partial charge in [-0.2, -0.15) is 13.2 Å². The maximum Gasteiger partial charge on any atom is 0.389 e. The number of rotatable bonds is 5. The molecule has 3 nitrogen and oxygen atoms in total. The third kappa shape index (κ3) is 4.22. The lowest BCUT2D eigenvalue weighted by Crippen LogP contribution is -2.17. The molecule has 0 aromatic carbocycles. The second-order valence-corrected chi connectivity index (χ2v) is 3.56. The molecule has 0 aliphatic heterocycles. The molecule has 0 bridgehead atoms. The third-order valence-corrected chi connectivity index (χ3v) is 2.11. The van der Waals surface area contributed by atoms with Gasteiger partial charge in [0.25, 0.3) is 0 Å². The van der Waals surface area contributed by atoms with E-state index in [1.165, 1.54) is 6.20 Å². The van der Waals surface area contributed by atoms with Gasteiger partial charge in [-0.3, -0.25) is 0 Å². The highest BCUT2D eigenvalue weighted by molar-refractivity contribution is 4.97. The van der Waals surface area contributed by atoms with Crippen molar-refractivity contribution in [3.05, 3.63) is 17.8 Å². The molecule has 0 amide bonds. The predicted octanol–water partition coefficient (Wildman–Crippen LogP) is 2.84. The van der Waals surface area contributed by atoms with Crippen LogP contribution in [0, 0.1) is 0 Å². The van der Waals surface area contributed by atoms with Gasteiger partial charge in [-0.1, -0.05) is 6.92 Å². The van der Waals surface area contributed by atoms with Gasteiger partial charge in [0.15, 0.2) is 0 Å². The zero-order chi connectivity index (χ0) is 12.2. The number of hydrogen-bond acceptors (Lipinski definition) is 3. The third-order valence-electron chi connectivity index (χ3n) is 2.11. The average Bonchev–Trinajstić information content (AvgIpc) is 2.62. The standard InChI is InChI=1S/C10H15F3N2O/c1-3-14-7(2)9-15-6-8(16-9)4-5-10(11,12)13/h6-7,14H,3-5H2,1-2H3. The van der Waals surface area contributed by atoms with Gasteiger partial charge in [-0.15, -0.1) is 0 Å². The number of aromatic nitrogens is 1. The first kappa shape index (κ1) is 13.0. The summed E-state index contributed by atoms with van der Waals surface area (Å²) in [7, 11) is 0. The molecule has 0 saturated carbocycles. The Morgan fingerprint density at radius 3 is 2.75 bits per heavy atom. The fraction of sp³-hybridized carbons (Fsp3) is 0.700. The number of hydrogen-bond donors (Lipinski definition) is 1. The Balaban J connectivity index is 2.51. The van der Waals surface area contributed by atoms with Crippen LogP contribution in [0.1, 0.15) is 38.0 Å². The number of oxazole rings is 1. The second kappa shape index (κ2) is 5.34. The molecule has 0 aliphatic carbocycles. The molecule has 0 spiro atoms. The van der Waals surface area contributed by atoms with E-state index >= 15 is 0 Å². The minimum absolute atomic E-state index is 0.0790. The molecule has 1 unspecified atom stereocenters. The van der Waals surface area contributed by atoms with Crippen LogP contribution in [0.2, 0.25) is 0 Å². The highest BCUT2D eigenvalue weighted by Crippen LogP contribution is 2.23. The van der Waals surface area contributed by atoms with Gasteiger partial charge < -0.3 is 9.73 Å². The summed E-state index contributed by atoms with van der Waals surface area (Å²) in [6.45, 7) is 4.54. The maximum atomic E-state index is 12.0. The molecule has 1 rings (SSSR count). The van der Waals surface area contributed by atoms with E-state index < -0.39 is 12.6 Å².